The highest BCUT2D eigenvalue weighted by molar-refractivity contribution is 6.13. The standard InChI is InChI=1S/C15H10O3/c16-15-17-13-11-7-3-1-5-9(11)10-6-2-4-8-12(10)14(13)18-15/h1-8,15-16H. The molecule has 3 heteroatoms. The maximum Gasteiger partial charge on any atom is 0.358 e. The highest BCUT2D eigenvalue weighted by Gasteiger charge is 2.27. The van der Waals surface area contributed by atoms with Crippen LogP contribution in [0.3, 0.4) is 0 Å². The fourth-order valence-electron chi connectivity index (χ4n) is 2.54. The molecule has 3 aromatic carbocycles. The summed E-state index contributed by atoms with van der Waals surface area (Å²) in [5.41, 5.74) is 0. The normalized spacial score (nSPS) is 14.5. The third kappa shape index (κ3) is 1.17. The van der Waals surface area contributed by atoms with Crippen molar-refractivity contribution in [3.05, 3.63) is 48.5 Å². The summed E-state index contributed by atoms with van der Waals surface area (Å²) in [6.07, 6.45) is 0. The Balaban J connectivity index is 2.27. The maximum atomic E-state index is 9.53. The van der Waals surface area contributed by atoms with Crippen LogP contribution in [0.25, 0.3) is 21.5 Å². The van der Waals surface area contributed by atoms with Gasteiger partial charge in [0, 0.05) is 10.8 Å². The summed E-state index contributed by atoms with van der Waals surface area (Å²) >= 11 is 0. The lowest BCUT2D eigenvalue weighted by Crippen LogP contribution is -2.15. The van der Waals surface area contributed by atoms with Gasteiger partial charge in [-0.05, 0) is 10.8 Å². The van der Waals surface area contributed by atoms with Crippen molar-refractivity contribution in [1.82, 2.24) is 0 Å². The van der Waals surface area contributed by atoms with Gasteiger partial charge in [-0.2, -0.15) is 0 Å². The molecule has 0 saturated carbocycles. The van der Waals surface area contributed by atoms with E-state index >= 15 is 0 Å². The molecule has 88 valence electrons. The van der Waals surface area contributed by atoms with E-state index < -0.39 is 6.48 Å². The number of benzene rings is 3. The third-order valence-corrected chi connectivity index (χ3v) is 3.28. The molecule has 0 bridgehead atoms. The van der Waals surface area contributed by atoms with Crippen LogP contribution in [-0.2, 0) is 0 Å². The van der Waals surface area contributed by atoms with E-state index in [4.69, 9.17) is 9.47 Å². The Morgan fingerprint density at radius 1 is 0.667 bits per heavy atom. The quantitative estimate of drug-likeness (QED) is 0.612. The number of aliphatic hydroxyl groups is 1. The minimum Gasteiger partial charge on any atom is -0.428 e. The van der Waals surface area contributed by atoms with Gasteiger partial charge in [0.15, 0.2) is 11.5 Å². The molecule has 3 nitrogen and oxygen atoms in total. The molecule has 0 unspecified atom stereocenters. The maximum absolute atomic E-state index is 9.53. The van der Waals surface area contributed by atoms with Crippen molar-refractivity contribution in [1.29, 1.82) is 0 Å². The van der Waals surface area contributed by atoms with E-state index in [0.717, 1.165) is 21.5 Å². The largest absolute Gasteiger partial charge is 0.428 e. The minimum absolute atomic E-state index is 0.622. The lowest BCUT2D eigenvalue weighted by Gasteiger charge is -2.07. The Kier molecular flexibility index (Phi) is 1.82. The van der Waals surface area contributed by atoms with Gasteiger partial charge < -0.3 is 14.6 Å². The van der Waals surface area contributed by atoms with Gasteiger partial charge in [-0.1, -0.05) is 48.5 Å². The van der Waals surface area contributed by atoms with Crippen molar-refractivity contribution in [2.24, 2.45) is 0 Å². The molecule has 0 aromatic heterocycles. The zero-order valence-electron chi connectivity index (χ0n) is 9.46. The predicted octanol–water partition coefficient (Wildman–Crippen LogP) is 3.04. The molecular formula is C15H10O3. The zero-order valence-corrected chi connectivity index (χ0v) is 9.46. The van der Waals surface area contributed by atoms with Crippen LogP contribution in [0.5, 0.6) is 11.5 Å². The highest BCUT2D eigenvalue weighted by atomic mass is 16.8. The molecule has 1 aliphatic rings. The molecule has 0 atom stereocenters. The number of ether oxygens (including phenoxy) is 2. The lowest BCUT2D eigenvalue weighted by molar-refractivity contribution is -0.132. The molecule has 4 rings (SSSR count). The average Bonchev–Trinajstić information content (AvgIpc) is 2.81. The second-order valence-electron chi connectivity index (χ2n) is 4.29. The van der Waals surface area contributed by atoms with Crippen LogP contribution in [0.4, 0.5) is 0 Å². The zero-order chi connectivity index (χ0) is 12.1. The summed E-state index contributed by atoms with van der Waals surface area (Å²) in [5.74, 6) is 1.24. The Hall–Kier alpha value is -2.26. The van der Waals surface area contributed by atoms with Gasteiger partial charge in [0.05, 0.1) is 0 Å². The molecular weight excluding hydrogens is 228 g/mol. The first-order valence-corrected chi connectivity index (χ1v) is 5.79. The monoisotopic (exact) mass is 238 g/mol. The molecule has 1 N–H and O–H groups in total. The molecule has 0 amide bonds. The fraction of sp³-hybridized carbons (Fsp3) is 0.0667. The van der Waals surface area contributed by atoms with Crippen molar-refractivity contribution in [2.75, 3.05) is 0 Å². The van der Waals surface area contributed by atoms with Crippen molar-refractivity contribution < 1.29 is 14.6 Å². The van der Waals surface area contributed by atoms with Crippen LogP contribution in [0.2, 0.25) is 0 Å². The molecule has 3 aromatic rings. The van der Waals surface area contributed by atoms with Crippen LogP contribution < -0.4 is 9.47 Å². The highest BCUT2D eigenvalue weighted by Crippen LogP contribution is 2.46. The van der Waals surface area contributed by atoms with Crippen molar-refractivity contribution in [3.63, 3.8) is 0 Å². The minimum atomic E-state index is -1.21. The van der Waals surface area contributed by atoms with Gasteiger partial charge in [-0.25, -0.2) is 0 Å². The fourth-order valence-corrected chi connectivity index (χ4v) is 2.54. The van der Waals surface area contributed by atoms with Gasteiger partial charge >= 0.3 is 6.48 Å². The van der Waals surface area contributed by atoms with E-state index in [9.17, 15) is 5.11 Å². The lowest BCUT2D eigenvalue weighted by atomic mass is 10.0. The van der Waals surface area contributed by atoms with Crippen LogP contribution in [0.15, 0.2) is 48.5 Å². The number of rotatable bonds is 0. The van der Waals surface area contributed by atoms with E-state index in [-0.39, 0.29) is 0 Å². The first-order valence-electron chi connectivity index (χ1n) is 5.79. The number of fused-ring (bicyclic) bond motifs is 6. The summed E-state index contributed by atoms with van der Waals surface area (Å²) in [6, 6.07) is 15.9. The number of aliphatic hydroxyl groups excluding tert-OH is 1. The number of hydrogen-bond donors (Lipinski definition) is 1. The van der Waals surface area contributed by atoms with Crippen molar-refractivity contribution >= 4 is 21.5 Å². The van der Waals surface area contributed by atoms with E-state index in [0.29, 0.717) is 11.5 Å². The Morgan fingerprint density at radius 3 is 1.50 bits per heavy atom. The SMILES string of the molecule is OC1Oc2c(c3ccccc3c3ccccc23)O1. The number of hydrogen-bond acceptors (Lipinski definition) is 3. The summed E-state index contributed by atoms with van der Waals surface area (Å²) in [5, 5.41) is 13.6. The van der Waals surface area contributed by atoms with E-state index in [1.807, 2.05) is 48.5 Å². The van der Waals surface area contributed by atoms with E-state index in [1.165, 1.54) is 0 Å². The van der Waals surface area contributed by atoms with Crippen LogP contribution in [0.1, 0.15) is 0 Å². The Bertz CT molecular complexity index is 699. The molecule has 1 aliphatic heterocycles. The molecule has 0 spiro atoms. The molecule has 0 saturated heterocycles. The van der Waals surface area contributed by atoms with Crippen molar-refractivity contribution in [3.8, 4) is 11.5 Å². The Labute approximate surface area is 103 Å². The first-order chi connectivity index (χ1) is 8.84. The third-order valence-electron chi connectivity index (χ3n) is 3.28. The molecule has 0 radical (unpaired) electrons. The van der Waals surface area contributed by atoms with Crippen LogP contribution in [0, 0.1) is 0 Å². The molecule has 18 heavy (non-hydrogen) atoms. The molecule has 1 heterocycles. The van der Waals surface area contributed by atoms with Gasteiger partial charge in [-0.3, -0.25) is 0 Å². The smallest absolute Gasteiger partial charge is 0.358 e. The predicted molar refractivity (Wildman–Crippen MR) is 68.7 cm³/mol. The topological polar surface area (TPSA) is 38.7 Å². The summed E-state index contributed by atoms with van der Waals surface area (Å²) in [7, 11) is 0. The second kappa shape index (κ2) is 3.37. The van der Waals surface area contributed by atoms with Crippen LogP contribution >= 0.6 is 0 Å². The van der Waals surface area contributed by atoms with Gasteiger partial charge in [0.1, 0.15) is 0 Å². The summed E-state index contributed by atoms with van der Waals surface area (Å²) in [4.78, 5) is 0. The molecule has 0 fully saturated rings. The summed E-state index contributed by atoms with van der Waals surface area (Å²) in [6.45, 7) is -1.21. The summed E-state index contributed by atoms with van der Waals surface area (Å²) < 4.78 is 10.7. The van der Waals surface area contributed by atoms with Crippen LogP contribution in [-0.4, -0.2) is 11.6 Å². The Morgan fingerprint density at radius 2 is 1.06 bits per heavy atom. The first kappa shape index (κ1) is 9.74. The van der Waals surface area contributed by atoms with Gasteiger partial charge in [-0.15, -0.1) is 0 Å². The van der Waals surface area contributed by atoms with E-state index in [1.54, 1.807) is 0 Å². The van der Waals surface area contributed by atoms with E-state index in [2.05, 4.69) is 0 Å². The van der Waals surface area contributed by atoms with Gasteiger partial charge in [0.25, 0.3) is 0 Å². The molecule has 0 aliphatic carbocycles. The average molecular weight is 238 g/mol. The second-order valence-corrected chi connectivity index (χ2v) is 4.29. The van der Waals surface area contributed by atoms with Crippen molar-refractivity contribution in [2.45, 2.75) is 6.48 Å². The van der Waals surface area contributed by atoms with Gasteiger partial charge in [0.2, 0.25) is 0 Å².